The first-order valence-corrected chi connectivity index (χ1v) is 11.0. The van der Waals surface area contributed by atoms with E-state index in [4.69, 9.17) is 26.1 Å². The fourth-order valence-corrected chi connectivity index (χ4v) is 4.41. The molecule has 158 valence electrons. The molecule has 1 amide bonds. The number of amides is 1. The number of aromatic nitrogens is 1. The minimum atomic E-state index is -0.229. The molecule has 4 rings (SSSR count). The van der Waals surface area contributed by atoms with Crippen molar-refractivity contribution in [1.29, 1.82) is 0 Å². The topological polar surface area (TPSA) is 51.7 Å². The normalized spacial score (nSPS) is 10.8. The molecular formula is C24H21ClN2O3S. The molecule has 0 saturated carbocycles. The maximum Gasteiger partial charge on any atom is 0.264 e. The van der Waals surface area contributed by atoms with Gasteiger partial charge in [-0.15, -0.1) is 0 Å². The van der Waals surface area contributed by atoms with Crippen LogP contribution in [-0.4, -0.2) is 24.6 Å². The van der Waals surface area contributed by atoms with Gasteiger partial charge in [-0.05, 0) is 48.9 Å². The van der Waals surface area contributed by atoms with Crippen LogP contribution in [0.5, 0.6) is 11.5 Å². The summed E-state index contributed by atoms with van der Waals surface area (Å²) in [6, 6.07) is 20.6. The predicted octanol–water partition coefficient (Wildman–Crippen LogP) is 6.20. The number of carbonyl (C=O) groups is 1. The second-order valence-electron chi connectivity index (χ2n) is 6.78. The molecule has 5 nitrogen and oxygen atoms in total. The number of rotatable bonds is 7. The van der Waals surface area contributed by atoms with Crippen molar-refractivity contribution >= 4 is 44.2 Å². The van der Waals surface area contributed by atoms with E-state index in [2.05, 4.69) is 0 Å². The molecule has 1 heterocycles. The van der Waals surface area contributed by atoms with Crippen LogP contribution in [0.2, 0.25) is 5.02 Å². The van der Waals surface area contributed by atoms with Crippen molar-refractivity contribution in [3.8, 4) is 11.5 Å². The van der Waals surface area contributed by atoms with Crippen LogP contribution in [-0.2, 0) is 6.54 Å². The molecule has 0 unspecified atom stereocenters. The number of benzene rings is 3. The summed E-state index contributed by atoms with van der Waals surface area (Å²) < 4.78 is 12.0. The van der Waals surface area contributed by atoms with Crippen molar-refractivity contribution in [2.75, 3.05) is 18.6 Å². The monoisotopic (exact) mass is 452 g/mol. The van der Waals surface area contributed by atoms with Gasteiger partial charge in [0.1, 0.15) is 11.5 Å². The van der Waals surface area contributed by atoms with Crippen molar-refractivity contribution in [3.05, 3.63) is 82.9 Å². The lowest BCUT2D eigenvalue weighted by Gasteiger charge is -2.21. The molecule has 0 N–H and O–H groups in total. The number of ether oxygens (including phenoxy) is 2. The lowest BCUT2D eigenvalue weighted by atomic mass is 10.1. The molecule has 0 radical (unpaired) electrons. The summed E-state index contributed by atoms with van der Waals surface area (Å²) in [6.07, 6.45) is 0. The van der Waals surface area contributed by atoms with Gasteiger partial charge in [-0.1, -0.05) is 53.3 Å². The first kappa shape index (κ1) is 21.2. The van der Waals surface area contributed by atoms with Gasteiger partial charge in [0.2, 0.25) is 0 Å². The number of anilines is 1. The maximum atomic E-state index is 13.7. The van der Waals surface area contributed by atoms with Gasteiger partial charge >= 0.3 is 0 Å². The third-order valence-electron chi connectivity index (χ3n) is 4.71. The zero-order valence-electron chi connectivity index (χ0n) is 17.2. The van der Waals surface area contributed by atoms with Crippen molar-refractivity contribution in [2.24, 2.45) is 0 Å². The van der Waals surface area contributed by atoms with Crippen LogP contribution in [0.1, 0.15) is 22.8 Å². The number of hydrogen-bond donors (Lipinski definition) is 0. The Labute approximate surface area is 189 Å². The first-order valence-electron chi connectivity index (χ1n) is 9.81. The Bertz CT molecular complexity index is 1210. The summed E-state index contributed by atoms with van der Waals surface area (Å²) in [5, 5.41) is 1.06. The third kappa shape index (κ3) is 4.65. The van der Waals surface area contributed by atoms with E-state index in [1.54, 1.807) is 23.1 Å². The number of thiazole rings is 1. The summed E-state index contributed by atoms with van der Waals surface area (Å²) in [5.41, 5.74) is 2.19. The Morgan fingerprint density at radius 2 is 1.90 bits per heavy atom. The molecule has 31 heavy (non-hydrogen) atoms. The van der Waals surface area contributed by atoms with Gasteiger partial charge in [0.25, 0.3) is 5.91 Å². The zero-order valence-corrected chi connectivity index (χ0v) is 18.7. The summed E-state index contributed by atoms with van der Waals surface area (Å²) >= 11 is 7.63. The molecule has 0 aliphatic rings. The second kappa shape index (κ2) is 9.37. The Kier molecular flexibility index (Phi) is 6.39. The van der Waals surface area contributed by atoms with Gasteiger partial charge in [-0.25, -0.2) is 4.98 Å². The molecule has 1 aromatic heterocycles. The van der Waals surface area contributed by atoms with Crippen LogP contribution in [0.3, 0.4) is 0 Å². The Hall–Kier alpha value is -3.09. The molecule has 4 aromatic rings. The van der Waals surface area contributed by atoms with Crippen molar-refractivity contribution in [1.82, 2.24) is 4.98 Å². The van der Waals surface area contributed by atoms with E-state index in [1.807, 2.05) is 55.5 Å². The van der Waals surface area contributed by atoms with Gasteiger partial charge in [0.15, 0.2) is 5.13 Å². The molecule has 0 saturated heterocycles. The van der Waals surface area contributed by atoms with E-state index >= 15 is 0 Å². The smallest absolute Gasteiger partial charge is 0.264 e. The molecule has 0 bridgehead atoms. The molecular weight excluding hydrogens is 432 g/mol. The molecule has 0 atom stereocenters. The summed E-state index contributed by atoms with van der Waals surface area (Å²) in [5.74, 6) is 1.02. The van der Waals surface area contributed by atoms with Gasteiger partial charge in [-0.2, -0.15) is 0 Å². The minimum Gasteiger partial charge on any atom is -0.496 e. The SMILES string of the molecule is CCOc1ccc2nc(N(Cc3ccccc3)C(=O)c3cc(Cl)ccc3OC)sc2c1. The highest BCUT2D eigenvalue weighted by molar-refractivity contribution is 7.22. The van der Waals surface area contributed by atoms with Gasteiger partial charge in [-0.3, -0.25) is 9.69 Å². The minimum absolute atomic E-state index is 0.229. The zero-order chi connectivity index (χ0) is 21.8. The van der Waals surface area contributed by atoms with Gasteiger partial charge < -0.3 is 9.47 Å². The van der Waals surface area contributed by atoms with Crippen molar-refractivity contribution < 1.29 is 14.3 Å². The van der Waals surface area contributed by atoms with E-state index in [1.165, 1.54) is 18.4 Å². The summed E-state index contributed by atoms with van der Waals surface area (Å²) in [6.45, 7) is 2.90. The average molecular weight is 453 g/mol. The fourth-order valence-electron chi connectivity index (χ4n) is 3.25. The number of fused-ring (bicyclic) bond motifs is 1. The largest absolute Gasteiger partial charge is 0.496 e. The van der Waals surface area contributed by atoms with Crippen LogP contribution >= 0.6 is 22.9 Å². The third-order valence-corrected chi connectivity index (χ3v) is 5.99. The standard InChI is InChI=1S/C24H21ClN2O3S/c1-3-30-18-10-11-20-22(14-18)31-24(26-20)27(15-16-7-5-4-6-8-16)23(28)19-13-17(25)9-12-21(19)29-2/h4-14H,3,15H2,1-2H3. The van der Waals surface area contributed by atoms with Gasteiger partial charge in [0.05, 0.1) is 36.0 Å². The molecule has 0 aliphatic heterocycles. The highest BCUT2D eigenvalue weighted by atomic mass is 35.5. The van der Waals surface area contributed by atoms with E-state index in [0.29, 0.717) is 34.6 Å². The number of methoxy groups -OCH3 is 1. The average Bonchev–Trinajstić information content (AvgIpc) is 3.21. The van der Waals surface area contributed by atoms with Crippen molar-refractivity contribution in [2.45, 2.75) is 13.5 Å². The number of nitrogens with zero attached hydrogens (tertiary/aromatic N) is 2. The molecule has 0 spiro atoms. The highest BCUT2D eigenvalue weighted by Gasteiger charge is 2.25. The van der Waals surface area contributed by atoms with Crippen LogP contribution in [0.15, 0.2) is 66.7 Å². The van der Waals surface area contributed by atoms with E-state index < -0.39 is 0 Å². The number of hydrogen-bond acceptors (Lipinski definition) is 5. The quantitative estimate of drug-likeness (QED) is 0.335. The van der Waals surface area contributed by atoms with E-state index in [0.717, 1.165) is 21.5 Å². The Morgan fingerprint density at radius 1 is 1.10 bits per heavy atom. The summed E-state index contributed by atoms with van der Waals surface area (Å²) in [7, 11) is 1.54. The Morgan fingerprint density at radius 3 is 2.65 bits per heavy atom. The fraction of sp³-hybridized carbons (Fsp3) is 0.167. The number of halogens is 1. The van der Waals surface area contributed by atoms with E-state index in [-0.39, 0.29) is 5.91 Å². The van der Waals surface area contributed by atoms with Gasteiger partial charge in [0, 0.05) is 5.02 Å². The lowest BCUT2D eigenvalue weighted by Crippen LogP contribution is -2.30. The lowest BCUT2D eigenvalue weighted by molar-refractivity contribution is 0.0982. The predicted molar refractivity (Wildman–Crippen MR) is 126 cm³/mol. The Balaban J connectivity index is 1.78. The van der Waals surface area contributed by atoms with Crippen molar-refractivity contribution in [3.63, 3.8) is 0 Å². The molecule has 0 fully saturated rings. The van der Waals surface area contributed by atoms with Crippen LogP contribution in [0.4, 0.5) is 5.13 Å². The van der Waals surface area contributed by atoms with Crippen LogP contribution in [0.25, 0.3) is 10.2 Å². The van der Waals surface area contributed by atoms with E-state index in [9.17, 15) is 4.79 Å². The molecule has 7 heteroatoms. The maximum absolute atomic E-state index is 13.7. The number of carbonyl (C=O) groups excluding carboxylic acids is 1. The highest BCUT2D eigenvalue weighted by Crippen LogP contribution is 2.34. The first-order chi connectivity index (χ1) is 15.1. The second-order valence-corrected chi connectivity index (χ2v) is 8.23. The molecule has 0 aliphatic carbocycles. The molecule has 3 aromatic carbocycles. The van der Waals surface area contributed by atoms with Crippen LogP contribution < -0.4 is 14.4 Å². The van der Waals surface area contributed by atoms with Crippen LogP contribution in [0, 0.1) is 0 Å². The summed E-state index contributed by atoms with van der Waals surface area (Å²) in [4.78, 5) is 20.0.